The van der Waals surface area contributed by atoms with Crippen molar-refractivity contribution in [2.24, 2.45) is 5.10 Å². The first kappa shape index (κ1) is 9.99. The molecule has 0 aliphatic carbocycles. The topological polar surface area (TPSA) is 78.4 Å². The van der Waals surface area contributed by atoms with Crippen LogP contribution in [0.25, 0.3) is 0 Å². The van der Waals surface area contributed by atoms with Gasteiger partial charge in [0.15, 0.2) is 0 Å². The van der Waals surface area contributed by atoms with E-state index in [-0.39, 0.29) is 6.42 Å². The van der Waals surface area contributed by atoms with Crippen molar-refractivity contribution in [2.45, 2.75) is 13.3 Å². The lowest BCUT2D eigenvalue weighted by atomic mass is 10.3. The third-order valence-electron chi connectivity index (χ3n) is 1.47. The molecule has 1 rings (SSSR count). The van der Waals surface area contributed by atoms with E-state index in [2.05, 4.69) is 10.5 Å². The first-order valence-electron chi connectivity index (χ1n) is 3.98. The van der Waals surface area contributed by atoms with Crippen molar-refractivity contribution in [2.75, 3.05) is 0 Å². The van der Waals surface area contributed by atoms with Crippen LogP contribution in [-0.4, -0.2) is 11.6 Å². The van der Waals surface area contributed by atoms with E-state index in [0.717, 1.165) is 0 Å². The van der Waals surface area contributed by atoms with E-state index in [1.54, 1.807) is 25.1 Å². The van der Waals surface area contributed by atoms with E-state index in [1.807, 2.05) is 0 Å². The molecule has 0 saturated carbocycles. The molecule has 0 atom stereocenters. The fraction of sp³-hybridized carbons (Fsp3) is 0.222. The van der Waals surface area contributed by atoms with Gasteiger partial charge in [0.2, 0.25) is 0 Å². The molecule has 5 nitrogen and oxygen atoms in total. The maximum absolute atomic E-state index is 10.8. The minimum atomic E-state index is -0.432. The van der Waals surface area contributed by atoms with Crippen molar-refractivity contribution in [3.8, 4) is 6.07 Å². The number of hydrogen-bond donors (Lipinski definition) is 1. The molecule has 1 N–H and O–H groups in total. The monoisotopic (exact) mass is 191 g/mol. The average Bonchev–Trinajstić information content (AvgIpc) is 2.67. The quantitative estimate of drug-likeness (QED) is 0.572. The van der Waals surface area contributed by atoms with Crippen molar-refractivity contribution in [3.63, 3.8) is 0 Å². The zero-order valence-electron chi connectivity index (χ0n) is 7.65. The van der Waals surface area contributed by atoms with Gasteiger partial charge in [0.25, 0.3) is 5.91 Å². The standard InChI is InChI=1S/C9H9N3O2/c1-7(8-3-2-6-14-8)11-12-9(13)4-5-10/h2-3,6H,4H2,1H3,(H,12,13)/b11-7+. The zero-order chi connectivity index (χ0) is 10.4. The van der Waals surface area contributed by atoms with Gasteiger partial charge in [-0.25, -0.2) is 5.43 Å². The van der Waals surface area contributed by atoms with Gasteiger partial charge in [0.05, 0.1) is 12.3 Å². The second-order valence-electron chi connectivity index (χ2n) is 2.54. The zero-order valence-corrected chi connectivity index (χ0v) is 7.65. The first-order chi connectivity index (χ1) is 6.74. The Labute approximate surface area is 81.0 Å². The second kappa shape index (κ2) is 4.82. The fourth-order valence-electron chi connectivity index (χ4n) is 0.797. The summed E-state index contributed by atoms with van der Waals surface area (Å²) in [6.07, 6.45) is 1.32. The Bertz CT molecular complexity index is 373. The Morgan fingerprint density at radius 3 is 3.14 bits per heavy atom. The van der Waals surface area contributed by atoms with Crippen LogP contribution >= 0.6 is 0 Å². The number of hydrazone groups is 1. The minimum absolute atomic E-state index is 0.199. The molecule has 5 heteroatoms. The number of nitriles is 1. The first-order valence-corrected chi connectivity index (χ1v) is 3.98. The van der Waals surface area contributed by atoms with E-state index in [4.69, 9.17) is 9.68 Å². The van der Waals surface area contributed by atoms with Gasteiger partial charge < -0.3 is 4.42 Å². The van der Waals surface area contributed by atoms with Crippen molar-refractivity contribution >= 4 is 11.6 Å². The van der Waals surface area contributed by atoms with E-state index in [1.165, 1.54) is 6.26 Å². The highest BCUT2D eigenvalue weighted by Gasteiger charge is 2.01. The molecule has 0 fully saturated rings. The summed E-state index contributed by atoms with van der Waals surface area (Å²) in [5, 5.41) is 12.0. The number of amides is 1. The SMILES string of the molecule is C/C(=N\NC(=O)CC#N)c1ccco1. The van der Waals surface area contributed by atoms with Crippen molar-refractivity contribution in [1.29, 1.82) is 5.26 Å². The molecule has 0 aromatic carbocycles. The Morgan fingerprint density at radius 1 is 1.79 bits per heavy atom. The van der Waals surface area contributed by atoms with Crippen LogP contribution in [0.3, 0.4) is 0 Å². The highest BCUT2D eigenvalue weighted by molar-refractivity contribution is 5.96. The molecule has 1 heterocycles. The van der Waals surface area contributed by atoms with Crippen molar-refractivity contribution in [1.82, 2.24) is 5.43 Å². The number of nitrogens with one attached hydrogen (secondary N) is 1. The summed E-state index contributed by atoms with van der Waals surface area (Å²) < 4.78 is 5.04. The fourth-order valence-corrected chi connectivity index (χ4v) is 0.797. The summed E-state index contributed by atoms with van der Waals surface area (Å²) in [5.74, 6) is 0.153. The van der Waals surface area contributed by atoms with Crippen LogP contribution in [0.5, 0.6) is 0 Å². The number of carbonyl (C=O) groups excluding carboxylic acids is 1. The van der Waals surface area contributed by atoms with Crippen LogP contribution in [0, 0.1) is 11.3 Å². The highest BCUT2D eigenvalue weighted by atomic mass is 16.3. The van der Waals surface area contributed by atoms with Gasteiger partial charge in [-0.3, -0.25) is 4.79 Å². The molecule has 0 saturated heterocycles. The van der Waals surface area contributed by atoms with Crippen LogP contribution in [0.4, 0.5) is 0 Å². The molecular formula is C9H9N3O2. The predicted molar refractivity (Wildman–Crippen MR) is 49.3 cm³/mol. The van der Waals surface area contributed by atoms with Crippen LogP contribution in [-0.2, 0) is 4.79 Å². The van der Waals surface area contributed by atoms with Gasteiger partial charge in [-0.05, 0) is 19.1 Å². The third kappa shape index (κ3) is 2.75. The van der Waals surface area contributed by atoms with Crippen LogP contribution in [0.15, 0.2) is 27.9 Å². The van der Waals surface area contributed by atoms with E-state index >= 15 is 0 Å². The van der Waals surface area contributed by atoms with Gasteiger partial charge in [-0.2, -0.15) is 10.4 Å². The van der Waals surface area contributed by atoms with Crippen LogP contribution in [0.1, 0.15) is 19.1 Å². The maximum atomic E-state index is 10.8. The Balaban J connectivity index is 2.54. The van der Waals surface area contributed by atoms with Gasteiger partial charge in [0, 0.05) is 0 Å². The third-order valence-corrected chi connectivity index (χ3v) is 1.47. The normalized spacial score (nSPS) is 10.7. The molecule has 0 aliphatic rings. The maximum Gasteiger partial charge on any atom is 0.254 e. The summed E-state index contributed by atoms with van der Waals surface area (Å²) in [6.45, 7) is 1.70. The second-order valence-corrected chi connectivity index (χ2v) is 2.54. The molecule has 0 bridgehead atoms. The summed E-state index contributed by atoms with van der Waals surface area (Å²) >= 11 is 0. The molecule has 1 amide bonds. The summed E-state index contributed by atoms with van der Waals surface area (Å²) in [4.78, 5) is 10.8. The van der Waals surface area contributed by atoms with Crippen LogP contribution < -0.4 is 5.43 Å². The minimum Gasteiger partial charge on any atom is -0.463 e. The predicted octanol–water partition coefficient (Wildman–Crippen LogP) is 1.03. The molecule has 0 spiro atoms. The summed E-state index contributed by atoms with van der Waals surface area (Å²) in [7, 11) is 0. The molecule has 1 aromatic rings. The number of rotatable bonds is 3. The summed E-state index contributed by atoms with van der Waals surface area (Å²) in [5.41, 5.74) is 2.79. The lowest BCUT2D eigenvalue weighted by Gasteiger charge is -1.96. The van der Waals surface area contributed by atoms with Gasteiger partial charge in [-0.15, -0.1) is 0 Å². The highest BCUT2D eigenvalue weighted by Crippen LogP contribution is 2.00. The molecule has 72 valence electrons. The number of nitrogens with zero attached hydrogens (tertiary/aromatic N) is 2. The summed E-state index contributed by atoms with van der Waals surface area (Å²) in [6, 6.07) is 5.18. The molecular weight excluding hydrogens is 182 g/mol. The van der Waals surface area contributed by atoms with Crippen molar-refractivity contribution in [3.05, 3.63) is 24.2 Å². The molecule has 1 aromatic heterocycles. The molecule has 0 aliphatic heterocycles. The van der Waals surface area contributed by atoms with Gasteiger partial charge in [0.1, 0.15) is 17.9 Å². The smallest absolute Gasteiger partial charge is 0.254 e. The number of carbonyl (C=O) groups is 1. The number of hydrogen-bond acceptors (Lipinski definition) is 4. The van der Waals surface area contributed by atoms with Crippen molar-refractivity contribution < 1.29 is 9.21 Å². The molecule has 0 unspecified atom stereocenters. The Kier molecular flexibility index (Phi) is 3.44. The lowest BCUT2D eigenvalue weighted by Crippen LogP contribution is -2.17. The Hall–Kier alpha value is -2.09. The van der Waals surface area contributed by atoms with E-state index < -0.39 is 5.91 Å². The Morgan fingerprint density at radius 2 is 2.57 bits per heavy atom. The lowest BCUT2D eigenvalue weighted by molar-refractivity contribution is -0.120. The van der Waals surface area contributed by atoms with Gasteiger partial charge in [-0.1, -0.05) is 0 Å². The van der Waals surface area contributed by atoms with Crippen LogP contribution in [0.2, 0.25) is 0 Å². The van der Waals surface area contributed by atoms with E-state index in [9.17, 15) is 4.79 Å². The largest absolute Gasteiger partial charge is 0.463 e. The number of furan rings is 1. The van der Waals surface area contributed by atoms with E-state index in [0.29, 0.717) is 11.5 Å². The average molecular weight is 191 g/mol. The van der Waals surface area contributed by atoms with Gasteiger partial charge >= 0.3 is 0 Å². The molecule has 0 radical (unpaired) electrons. The molecule has 14 heavy (non-hydrogen) atoms.